The first-order chi connectivity index (χ1) is 2.91. The van der Waals surface area contributed by atoms with Gasteiger partial charge in [0, 0.05) is 5.88 Å². The number of halogens is 2. The molecule has 0 aromatic heterocycles. The normalized spacial score (nSPS) is 9.00. The second-order valence-electron chi connectivity index (χ2n) is 0.921. The fourth-order valence-electron chi connectivity index (χ4n) is 0.154. The molecule has 2 heteroatoms. The average Bonchev–Trinajstić information content (AvgIpc) is 1.61. The molecule has 0 amide bonds. The summed E-state index contributed by atoms with van der Waals surface area (Å²) in [5.41, 5.74) is 0. The standard InChI is InChI=1S/C4H7ClF/c5-3-1-2-4-6/h2H,1,3-4H2. The van der Waals surface area contributed by atoms with Crippen LogP contribution in [-0.4, -0.2) is 12.6 Å². The molecule has 0 saturated heterocycles. The highest BCUT2D eigenvalue weighted by Gasteiger charge is 1.80. The van der Waals surface area contributed by atoms with Crippen LogP contribution in [0.1, 0.15) is 6.42 Å². The van der Waals surface area contributed by atoms with Gasteiger partial charge in [-0.05, 0) is 12.8 Å². The maximum absolute atomic E-state index is 11.1. The Morgan fingerprint density at radius 1 is 1.67 bits per heavy atom. The van der Waals surface area contributed by atoms with E-state index in [0.29, 0.717) is 12.3 Å². The van der Waals surface area contributed by atoms with E-state index < -0.39 is 0 Å². The molecule has 0 rings (SSSR count). The fourth-order valence-corrected chi connectivity index (χ4v) is 0.309. The van der Waals surface area contributed by atoms with Gasteiger partial charge < -0.3 is 0 Å². The van der Waals surface area contributed by atoms with Gasteiger partial charge in [0.25, 0.3) is 0 Å². The minimum absolute atomic E-state index is 0.354. The highest BCUT2D eigenvalue weighted by molar-refractivity contribution is 6.17. The van der Waals surface area contributed by atoms with Crippen LogP contribution in [0.5, 0.6) is 0 Å². The first kappa shape index (κ1) is 6.22. The molecule has 0 aromatic rings. The van der Waals surface area contributed by atoms with Gasteiger partial charge in [-0.1, -0.05) is 0 Å². The Morgan fingerprint density at radius 2 is 2.33 bits per heavy atom. The molecule has 0 fully saturated rings. The van der Waals surface area contributed by atoms with Gasteiger partial charge in [-0.2, -0.15) is 0 Å². The van der Waals surface area contributed by atoms with E-state index in [-0.39, 0.29) is 6.67 Å². The predicted molar refractivity (Wildman–Crippen MR) is 25.6 cm³/mol. The second kappa shape index (κ2) is 5.22. The molecule has 0 N–H and O–H groups in total. The average molecular weight is 110 g/mol. The van der Waals surface area contributed by atoms with Crippen LogP contribution >= 0.6 is 11.6 Å². The molecule has 0 aromatic carbocycles. The lowest BCUT2D eigenvalue weighted by atomic mass is 10.4. The third-order valence-electron chi connectivity index (χ3n) is 0.422. The Balaban J connectivity index is 2.34. The molecule has 1 radical (unpaired) electrons. The van der Waals surface area contributed by atoms with Crippen LogP contribution < -0.4 is 0 Å². The SMILES string of the molecule is FC[CH]CCCl. The topological polar surface area (TPSA) is 0 Å². The Kier molecular flexibility index (Phi) is 5.41. The summed E-state index contributed by atoms with van der Waals surface area (Å²) in [5.74, 6) is 0.532. The zero-order chi connectivity index (χ0) is 4.83. The van der Waals surface area contributed by atoms with Crippen molar-refractivity contribution in [3.63, 3.8) is 0 Å². The summed E-state index contributed by atoms with van der Waals surface area (Å²) < 4.78 is 11.1. The summed E-state index contributed by atoms with van der Waals surface area (Å²) in [7, 11) is 0. The quantitative estimate of drug-likeness (QED) is 0.383. The molecule has 0 bridgehead atoms. The number of hydrogen-bond acceptors (Lipinski definition) is 0. The minimum atomic E-state index is -0.354. The molecular formula is C4H7ClF. The molecule has 0 nitrogen and oxygen atoms in total. The highest BCUT2D eigenvalue weighted by Crippen LogP contribution is 1.88. The van der Waals surface area contributed by atoms with E-state index in [4.69, 9.17) is 11.6 Å². The first-order valence-electron chi connectivity index (χ1n) is 1.85. The molecule has 0 atom stereocenters. The molecule has 0 aliphatic heterocycles. The van der Waals surface area contributed by atoms with Gasteiger partial charge in [-0.3, -0.25) is 4.39 Å². The number of hydrogen-bond donors (Lipinski definition) is 0. The zero-order valence-corrected chi connectivity index (χ0v) is 4.21. The van der Waals surface area contributed by atoms with E-state index in [1.165, 1.54) is 6.42 Å². The van der Waals surface area contributed by atoms with Crippen LogP contribution in [0.15, 0.2) is 0 Å². The van der Waals surface area contributed by atoms with Crippen LogP contribution in [-0.2, 0) is 0 Å². The molecular weight excluding hydrogens is 102 g/mol. The largest absolute Gasteiger partial charge is 0.251 e. The summed E-state index contributed by atoms with van der Waals surface area (Å²) in [5, 5.41) is 0. The van der Waals surface area contributed by atoms with E-state index in [0.717, 1.165) is 0 Å². The van der Waals surface area contributed by atoms with E-state index in [1.54, 1.807) is 0 Å². The smallest absolute Gasteiger partial charge is 0.0926 e. The number of unbranched alkanes of at least 4 members (excludes halogenated alkanes) is 1. The van der Waals surface area contributed by atoms with Crippen LogP contribution in [0.4, 0.5) is 4.39 Å². The third-order valence-corrected chi connectivity index (χ3v) is 0.641. The molecule has 0 aliphatic rings. The first-order valence-corrected chi connectivity index (χ1v) is 2.39. The minimum Gasteiger partial charge on any atom is -0.251 e. The van der Waals surface area contributed by atoms with Gasteiger partial charge in [0.15, 0.2) is 0 Å². The molecule has 0 unspecified atom stereocenters. The Labute approximate surface area is 42.3 Å². The lowest BCUT2D eigenvalue weighted by Gasteiger charge is -1.81. The van der Waals surface area contributed by atoms with Crippen LogP contribution in [0.25, 0.3) is 0 Å². The van der Waals surface area contributed by atoms with Crippen molar-refractivity contribution in [3.05, 3.63) is 6.42 Å². The van der Waals surface area contributed by atoms with Crippen molar-refractivity contribution >= 4 is 11.6 Å². The van der Waals surface area contributed by atoms with Crippen molar-refractivity contribution in [1.29, 1.82) is 0 Å². The summed E-state index contributed by atoms with van der Waals surface area (Å²) in [6.45, 7) is -0.354. The van der Waals surface area contributed by atoms with Gasteiger partial charge in [-0.15, -0.1) is 11.6 Å². The van der Waals surface area contributed by atoms with Gasteiger partial charge >= 0.3 is 0 Å². The summed E-state index contributed by atoms with van der Waals surface area (Å²) >= 11 is 5.18. The van der Waals surface area contributed by atoms with E-state index in [2.05, 4.69) is 0 Å². The summed E-state index contributed by atoms with van der Waals surface area (Å²) in [6.07, 6.45) is 2.19. The Bertz CT molecular complexity index is 19.5. The molecule has 0 spiro atoms. The Morgan fingerprint density at radius 3 is 2.50 bits per heavy atom. The van der Waals surface area contributed by atoms with Crippen LogP contribution in [0.3, 0.4) is 0 Å². The van der Waals surface area contributed by atoms with Crippen LogP contribution in [0.2, 0.25) is 0 Å². The van der Waals surface area contributed by atoms with E-state index in [9.17, 15) is 4.39 Å². The molecule has 37 valence electrons. The molecule has 0 heterocycles. The van der Waals surface area contributed by atoms with Crippen LogP contribution in [0, 0.1) is 6.42 Å². The fraction of sp³-hybridized carbons (Fsp3) is 0.750. The number of alkyl halides is 2. The zero-order valence-electron chi connectivity index (χ0n) is 3.45. The summed E-state index contributed by atoms with van der Waals surface area (Å²) in [4.78, 5) is 0. The third kappa shape index (κ3) is 4.22. The van der Waals surface area contributed by atoms with Crippen molar-refractivity contribution in [3.8, 4) is 0 Å². The molecule has 0 aliphatic carbocycles. The predicted octanol–water partition coefficient (Wildman–Crippen LogP) is 1.79. The van der Waals surface area contributed by atoms with Crippen molar-refractivity contribution in [2.45, 2.75) is 6.42 Å². The van der Waals surface area contributed by atoms with Crippen molar-refractivity contribution in [1.82, 2.24) is 0 Å². The highest BCUT2D eigenvalue weighted by atomic mass is 35.5. The molecule has 6 heavy (non-hydrogen) atoms. The molecule has 0 saturated carbocycles. The van der Waals surface area contributed by atoms with Gasteiger partial charge in [0.2, 0.25) is 0 Å². The Hall–Kier alpha value is 0.220. The van der Waals surface area contributed by atoms with E-state index >= 15 is 0 Å². The monoisotopic (exact) mass is 109 g/mol. The maximum atomic E-state index is 11.1. The second-order valence-corrected chi connectivity index (χ2v) is 1.30. The van der Waals surface area contributed by atoms with Gasteiger partial charge in [0.05, 0.1) is 6.67 Å². The van der Waals surface area contributed by atoms with E-state index in [1.807, 2.05) is 0 Å². The van der Waals surface area contributed by atoms with Crippen molar-refractivity contribution in [2.75, 3.05) is 12.6 Å². The van der Waals surface area contributed by atoms with Gasteiger partial charge in [0.1, 0.15) is 0 Å². The lowest BCUT2D eigenvalue weighted by molar-refractivity contribution is 0.531. The van der Waals surface area contributed by atoms with Gasteiger partial charge in [-0.25, -0.2) is 0 Å². The number of rotatable bonds is 3. The van der Waals surface area contributed by atoms with Crippen molar-refractivity contribution < 1.29 is 4.39 Å². The summed E-state index contributed by atoms with van der Waals surface area (Å²) in [6, 6.07) is 0. The lowest BCUT2D eigenvalue weighted by Crippen LogP contribution is -1.77. The maximum Gasteiger partial charge on any atom is 0.0926 e. The van der Waals surface area contributed by atoms with Crippen molar-refractivity contribution in [2.24, 2.45) is 0 Å².